The lowest BCUT2D eigenvalue weighted by Crippen LogP contribution is -1.95. The lowest BCUT2D eigenvalue weighted by atomic mass is 10.0. The fraction of sp³-hybridized carbons (Fsp3) is 0.429. The van der Waals surface area contributed by atoms with Crippen LogP contribution in [0.15, 0.2) is 10.5 Å². The predicted molar refractivity (Wildman–Crippen MR) is 74.4 cm³/mol. The summed E-state index contributed by atoms with van der Waals surface area (Å²) in [6, 6.07) is 2.19. The molecule has 2 heterocycles. The van der Waals surface area contributed by atoms with Crippen molar-refractivity contribution in [2.75, 3.05) is 0 Å². The molecule has 0 aromatic carbocycles. The zero-order valence-electron chi connectivity index (χ0n) is 10.8. The van der Waals surface area contributed by atoms with E-state index in [9.17, 15) is 0 Å². The Labute approximate surface area is 111 Å². The van der Waals surface area contributed by atoms with Gasteiger partial charge in [-0.15, -0.1) is 22.9 Å². The van der Waals surface area contributed by atoms with Gasteiger partial charge in [-0.1, -0.05) is 0 Å². The van der Waals surface area contributed by atoms with E-state index in [0.29, 0.717) is 0 Å². The maximum atomic E-state index is 6.62. The standard InChI is InChI=1S/C14H17ClOS/c1-7-6-8(2)17-14(7)13(15)12-9(3)10(4)16-11(12)5/h6,13H,1-5H3. The van der Waals surface area contributed by atoms with E-state index in [1.54, 1.807) is 11.3 Å². The largest absolute Gasteiger partial charge is 0.466 e. The van der Waals surface area contributed by atoms with Crippen molar-refractivity contribution in [3.63, 3.8) is 0 Å². The zero-order chi connectivity index (χ0) is 12.7. The Balaban J connectivity index is 2.50. The molecule has 2 aromatic heterocycles. The average Bonchev–Trinajstić information content (AvgIpc) is 2.68. The van der Waals surface area contributed by atoms with Crippen LogP contribution in [0.2, 0.25) is 0 Å². The highest BCUT2D eigenvalue weighted by molar-refractivity contribution is 7.12. The van der Waals surface area contributed by atoms with Gasteiger partial charge in [0.1, 0.15) is 11.5 Å². The molecule has 0 saturated heterocycles. The first-order valence-corrected chi connectivity index (χ1v) is 6.94. The maximum absolute atomic E-state index is 6.62. The van der Waals surface area contributed by atoms with Gasteiger partial charge in [0, 0.05) is 15.3 Å². The van der Waals surface area contributed by atoms with Gasteiger partial charge in [0.25, 0.3) is 0 Å². The molecule has 1 nitrogen and oxygen atoms in total. The maximum Gasteiger partial charge on any atom is 0.106 e. The Kier molecular flexibility index (Phi) is 3.37. The van der Waals surface area contributed by atoms with Crippen LogP contribution in [0, 0.1) is 34.6 Å². The van der Waals surface area contributed by atoms with Crippen molar-refractivity contribution in [3.05, 3.63) is 44.0 Å². The van der Waals surface area contributed by atoms with Crippen molar-refractivity contribution in [2.45, 2.75) is 40.0 Å². The molecule has 0 bridgehead atoms. The van der Waals surface area contributed by atoms with Gasteiger partial charge in [-0.3, -0.25) is 0 Å². The Morgan fingerprint density at radius 1 is 1.12 bits per heavy atom. The summed E-state index contributed by atoms with van der Waals surface area (Å²) in [5.41, 5.74) is 3.58. The van der Waals surface area contributed by atoms with Gasteiger partial charge in [-0.05, 0) is 51.8 Å². The number of hydrogen-bond acceptors (Lipinski definition) is 2. The molecule has 0 N–H and O–H groups in total. The van der Waals surface area contributed by atoms with E-state index in [0.717, 1.165) is 17.1 Å². The zero-order valence-corrected chi connectivity index (χ0v) is 12.4. The molecule has 2 aromatic rings. The van der Waals surface area contributed by atoms with Gasteiger partial charge in [0.05, 0.1) is 5.38 Å². The first-order chi connectivity index (χ1) is 7.91. The topological polar surface area (TPSA) is 13.1 Å². The molecule has 1 unspecified atom stereocenters. The third-order valence-electron chi connectivity index (χ3n) is 3.18. The summed E-state index contributed by atoms with van der Waals surface area (Å²) < 4.78 is 5.65. The number of halogens is 1. The van der Waals surface area contributed by atoms with Gasteiger partial charge in [0.2, 0.25) is 0 Å². The van der Waals surface area contributed by atoms with E-state index in [1.165, 1.54) is 20.9 Å². The van der Waals surface area contributed by atoms with E-state index in [4.69, 9.17) is 16.0 Å². The van der Waals surface area contributed by atoms with Crippen LogP contribution in [-0.4, -0.2) is 0 Å². The Morgan fingerprint density at radius 3 is 2.18 bits per heavy atom. The van der Waals surface area contributed by atoms with Crippen LogP contribution in [0.25, 0.3) is 0 Å². The highest BCUT2D eigenvalue weighted by Crippen LogP contribution is 2.40. The lowest BCUT2D eigenvalue weighted by Gasteiger charge is -2.09. The SMILES string of the molecule is Cc1cc(C)c(C(Cl)c2c(C)oc(C)c2C)s1. The molecule has 0 aliphatic carbocycles. The summed E-state index contributed by atoms with van der Waals surface area (Å²) in [6.07, 6.45) is 0. The molecule has 2 rings (SSSR count). The second-order valence-electron chi connectivity index (χ2n) is 4.52. The van der Waals surface area contributed by atoms with E-state index in [2.05, 4.69) is 26.8 Å². The van der Waals surface area contributed by atoms with Gasteiger partial charge >= 0.3 is 0 Å². The summed E-state index contributed by atoms with van der Waals surface area (Å²) >= 11 is 8.39. The third kappa shape index (κ3) is 2.16. The van der Waals surface area contributed by atoms with Crippen LogP contribution >= 0.6 is 22.9 Å². The minimum absolute atomic E-state index is 0.0915. The van der Waals surface area contributed by atoms with E-state index in [-0.39, 0.29) is 5.38 Å². The molecule has 0 aliphatic rings. The minimum Gasteiger partial charge on any atom is -0.466 e. The highest BCUT2D eigenvalue weighted by Gasteiger charge is 2.23. The quantitative estimate of drug-likeness (QED) is 0.682. The predicted octanol–water partition coefficient (Wildman–Crippen LogP) is 5.21. The molecular formula is C14H17ClOS. The second kappa shape index (κ2) is 4.51. The third-order valence-corrected chi connectivity index (χ3v) is 4.96. The van der Waals surface area contributed by atoms with E-state index >= 15 is 0 Å². The van der Waals surface area contributed by atoms with Crippen LogP contribution in [0.4, 0.5) is 0 Å². The molecular weight excluding hydrogens is 252 g/mol. The number of rotatable bonds is 2. The van der Waals surface area contributed by atoms with Crippen LogP contribution in [-0.2, 0) is 0 Å². The van der Waals surface area contributed by atoms with Crippen molar-refractivity contribution in [1.29, 1.82) is 0 Å². The smallest absolute Gasteiger partial charge is 0.106 e. The molecule has 0 fully saturated rings. The molecule has 0 saturated carbocycles. The molecule has 17 heavy (non-hydrogen) atoms. The van der Waals surface area contributed by atoms with Gasteiger partial charge < -0.3 is 4.42 Å². The summed E-state index contributed by atoms with van der Waals surface area (Å²) in [6.45, 7) is 10.3. The second-order valence-corrected chi connectivity index (χ2v) is 6.24. The van der Waals surface area contributed by atoms with Crippen LogP contribution in [0.1, 0.15) is 43.3 Å². The van der Waals surface area contributed by atoms with E-state index < -0.39 is 0 Å². The fourth-order valence-electron chi connectivity index (χ4n) is 2.23. The fourth-order valence-corrected chi connectivity index (χ4v) is 3.87. The first kappa shape index (κ1) is 12.7. The highest BCUT2D eigenvalue weighted by atomic mass is 35.5. The van der Waals surface area contributed by atoms with Crippen molar-refractivity contribution in [2.24, 2.45) is 0 Å². The van der Waals surface area contributed by atoms with Crippen LogP contribution in [0.3, 0.4) is 0 Å². The molecule has 0 radical (unpaired) electrons. The van der Waals surface area contributed by atoms with E-state index in [1.807, 2.05) is 13.8 Å². The molecule has 0 amide bonds. The number of furan rings is 1. The van der Waals surface area contributed by atoms with Crippen LogP contribution < -0.4 is 0 Å². The summed E-state index contributed by atoms with van der Waals surface area (Å²) in [5.74, 6) is 1.90. The molecule has 1 atom stereocenters. The summed E-state index contributed by atoms with van der Waals surface area (Å²) in [4.78, 5) is 2.54. The Hall–Kier alpha value is -0.730. The van der Waals surface area contributed by atoms with Gasteiger partial charge in [-0.2, -0.15) is 0 Å². The molecule has 3 heteroatoms. The van der Waals surface area contributed by atoms with Gasteiger partial charge in [0.15, 0.2) is 0 Å². The van der Waals surface area contributed by atoms with Crippen molar-refractivity contribution in [1.82, 2.24) is 0 Å². The molecule has 0 spiro atoms. The molecule has 0 aliphatic heterocycles. The monoisotopic (exact) mass is 268 g/mol. The Bertz CT molecular complexity index is 551. The Morgan fingerprint density at radius 2 is 1.76 bits per heavy atom. The van der Waals surface area contributed by atoms with Crippen molar-refractivity contribution >= 4 is 22.9 Å². The summed E-state index contributed by atoms with van der Waals surface area (Å²) in [7, 11) is 0. The average molecular weight is 269 g/mol. The van der Waals surface area contributed by atoms with Gasteiger partial charge in [-0.25, -0.2) is 0 Å². The molecule has 92 valence electrons. The van der Waals surface area contributed by atoms with Crippen molar-refractivity contribution in [3.8, 4) is 0 Å². The lowest BCUT2D eigenvalue weighted by molar-refractivity contribution is 0.500. The van der Waals surface area contributed by atoms with Crippen molar-refractivity contribution < 1.29 is 4.42 Å². The van der Waals surface area contributed by atoms with Crippen LogP contribution in [0.5, 0.6) is 0 Å². The number of aryl methyl sites for hydroxylation is 4. The minimum atomic E-state index is -0.0915. The summed E-state index contributed by atoms with van der Waals surface area (Å²) in [5, 5.41) is -0.0915. The first-order valence-electron chi connectivity index (χ1n) is 5.69. The number of hydrogen-bond donors (Lipinski definition) is 0. The normalized spacial score (nSPS) is 13.1. The number of alkyl halides is 1. The number of thiophene rings is 1.